The van der Waals surface area contributed by atoms with Crippen LogP contribution in [0.2, 0.25) is 5.02 Å². The second kappa shape index (κ2) is 7.41. The van der Waals surface area contributed by atoms with Crippen LogP contribution in [-0.2, 0) is 24.2 Å². The number of carbonyl (C=O) groups is 1. The zero-order valence-electron chi connectivity index (χ0n) is 15.5. The fourth-order valence-corrected chi connectivity index (χ4v) is 3.57. The number of aliphatic hydroxyl groups is 1. The number of rotatable bonds is 3. The highest BCUT2D eigenvalue weighted by Crippen LogP contribution is 2.34. The van der Waals surface area contributed by atoms with Gasteiger partial charge in [-0.05, 0) is 69.2 Å². The van der Waals surface area contributed by atoms with Gasteiger partial charge in [0.15, 0.2) is 0 Å². The number of hydrogen-bond acceptors (Lipinski definition) is 4. The molecule has 1 heterocycles. The van der Waals surface area contributed by atoms with Gasteiger partial charge in [-0.2, -0.15) is 9.78 Å². The Morgan fingerprint density at radius 3 is 2.88 bits per heavy atom. The first-order chi connectivity index (χ1) is 12.3. The highest BCUT2D eigenvalue weighted by molar-refractivity contribution is 6.31. The molecule has 0 bridgehead atoms. The van der Waals surface area contributed by atoms with Crippen LogP contribution in [0.5, 0.6) is 0 Å². The van der Waals surface area contributed by atoms with Gasteiger partial charge in [-0.3, -0.25) is 0 Å². The van der Waals surface area contributed by atoms with E-state index in [0.717, 1.165) is 48.1 Å². The molecule has 1 atom stereocenters. The van der Waals surface area contributed by atoms with Gasteiger partial charge in [0, 0.05) is 17.1 Å². The normalized spacial score (nSPS) is 17.0. The van der Waals surface area contributed by atoms with Crippen LogP contribution in [-0.4, -0.2) is 26.6 Å². The molecule has 3 rings (SSSR count). The molecule has 0 aliphatic heterocycles. The first-order valence-electron chi connectivity index (χ1n) is 8.97. The minimum atomic E-state index is -0.549. The number of nitrogens with zero attached hydrogens (tertiary/aromatic N) is 2. The summed E-state index contributed by atoms with van der Waals surface area (Å²) in [6.07, 6.45) is 5.18. The van der Waals surface area contributed by atoms with Crippen molar-refractivity contribution >= 4 is 17.7 Å². The molecule has 0 amide bonds. The summed E-state index contributed by atoms with van der Waals surface area (Å²) < 4.78 is 6.75. The Morgan fingerprint density at radius 2 is 2.19 bits per heavy atom. The molecule has 0 spiro atoms. The maximum Gasteiger partial charge on any atom is 0.435 e. The van der Waals surface area contributed by atoms with Crippen LogP contribution >= 0.6 is 11.6 Å². The summed E-state index contributed by atoms with van der Waals surface area (Å²) >= 11 is 6.08. The number of ether oxygens (including phenoxy) is 1. The van der Waals surface area contributed by atoms with Crippen LogP contribution in [0, 0.1) is 0 Å². The lowest BCUT2D eigenvalue weighted by atomic mass is 9.84. The quantitative estimate of drug-likeness (QED) is 0.858. The molecule has 0 fully saturated rings. The van der Waals surface area contributed by atoms with Crippen molar-refractivity contribution in [3.63, 3.8) is 0 Å². The molecule has 1 N–H and O–H groups in total. The van der Waals surface area contributed by atoms with Gasteiger partial charge in [0.2, 0.25) is 0 Å². The Balaban J connectivity index is 1.82. The SMILES string of the molecule is CC(C)(C)OC(=O)n1cc2c(n1)C(Cc1ccc(Cl)c(CO)c1)CCC2. The zero-order valence-corrected chi connectivity index (χ0v) is 16.2. The molecule has 5 nitrogen and oxygen atoms in total. The highest BCUT2D eigenvalue weighted by Gasteiger charge is 2.27. The van der Waals surface area contributed by atoms with Gasteiger partial charge in [-0.25, -0.2) is 4.79 Å². The third-order valence-electron chi connectivity index (χ3n) is 4.55. The summed E-state index contributed by atoms with van der Waals surface area (Å²) in [6.45, 7) is 5.46. The average molecular weight is 377 g/mol. The minimum Gasteiger partial charge on any atom is -0.442 e. The standard InChI is InChI=1S/C20H25ClN2O3/c1-20(2,3)26-19(25)23-11-15-6-4-5-14(18(15)22-23)9-13-7-8-17(21)16(10-13)12-24/h7-8,10-11,14,24H,4-6,9,12H2,1-3H3. The van der Waals surface area contributed by atoms with E-state index in [9.17, 15) is 9.90 Å². The summed E-state index contributed by atoms with van der Waals surface area (Å²) in [5, 5.41) is 14.5. The highest BCUT2D eigenvalue weighted by atomic mass is 35.5. The van der Waals surface area contributed by atoms with Crippen LogP contribution in [0.4, 0.5) is 4.79 Å². The van der Waals surface area contributed by atoms with E-state index in [1.807, 2.05) is 39.0 Å². The van der Waals surface area contributed by atoms with Gasteiger partial charge >= 0.3 is 6.09 Å². The van der Waals surface area contributed by atoms with Crippen molar-refractivity contribution in [2.45, 2.75) is 64.6 Å². The molecule has 2 aromatic rings. The van der Waals surface area contributed by atoms with Crippen molar-refractivity contribution in [2.75, 3.05) is 0 Å². The number of carbonyl (C=O) groups excluding carboxylic acids is 1. The minimum absolute atomic E-state index is 0.0736. The molecule has 26 heavy (non-hydrogen) atoms. The second-order valence-electron chi connectivity index (χ2n) is 7.84. The van der Waals surface area contributed by atoms with Crippen LogP contribution in [0.3, 0.4) is 0 Å². The van der Waals surface area contributed by atoms with Gasteiger partial charge in [0.1, 0.15) is 5.60 Å². The number of halogens is 1. The van der Waals surface area contributed by atoms with Crippen molar-refractivity contribution in [1.29, 1.82) is 0 Å². The van der Waals surface area contributed by atoms with Gasteiger partial charge in [-0.1, -0.05) is 23.7 Å². The summed E-state index contributed by atoms with van der Waals surface area (Å²) in [5.74, 6) is 0.246. The summed E-state index contributed by atoms with van der Waals surface area (Å²) in [7, 11) is 0. The first-order valence-corrected chi connectivity index (χ1v) is 9.34. The fraction of sp³-hybridized carbons (Fsp3) is 0.500. The number of benzene rings is 1. The molecular formula is C20H25ClN2O3. The van der Waals surface area contributed by atoms with Crippen molar-refractivity contribution < 1.29 is 14.6 Å². The van der Waals surface area contributed by atoms with Gasteiger partial charge in [-0.15, -0.1) is 0 Å². The predicted octanol–water partition coefficient (Wildman–Crippen LogP) is 4.47. The molecule has 1 aromatic carbocycles. The number of aliphatic hydroxyl groups excluding tert-OH is 1. The van der Waals surface area contributed by atoms with E-state index in [0.29, 0.717) is 5.02 Å². The van der Waals surface area contributed by atoms with Gasteiger partial charge in [0.05, 0.1) is 12.3 Å². The predicted molar refractivity (Wildman–Crippen MR) is 101 cm³/mol. The van der Waals surface area contributed by atoms with Crippen LogP contribution < -0.4 is 0 Å². The number of aryl methyl sites for hydroxylation is 1. The molecule has 1 aromatic heterocycles. The van der Waals surface area contributed by atoms with E-state index in [4.69, 9.17) is 16.3 Å². The van der Waals surface area contributed by atoms with E-state index >= 15 is 0 Å². The summed E-state index contributed by atoms with van der Waals surface area (Å²) in [4.78, 5) is 12.3. The zero-order chi connectivity index (χ0) is 18.9. The molecule has 1 aliphatic rings. The number of hydrogen-bond donors (Lipinski definition) is 1. The van der Waals surface area contributed by atoms with Gasteiger partial charge < -0.3 is 9.84 Å². The molecule has 0 saturated heterocycles. The van der Waals surface area contributed by atoms with Crippen molar-refractivity contribution in [2.24, 2.45) is 0 Å². The lowest BCUT2D eigenvalue weighted by Gasteiger charge is -2.21. The summed E-state index contributed by atoms with van der Waals surface area (Å²) in [6, 6.07) is 5.76. The lowest BCUT2D eigenvalue weighted by Crippen LogP contribution is -2.27. The van der Waals surface area contributed by atoms with Crippen molar-refractivity contribution in [3.8, 4) is 0 Å². The maximum atomic E-state index is 12.3. The van der Waals surface area contributed by atoms with E-state index < -0.39 is 11.7 Å². The lowest BCUT2D eigenvalue weighted by molar-refractivity contribution is 0.0513. The van der Waals surface area contributed by atoms with Gasteiger partial charge in [0.25, 0.3) is 0 Å². The Kier molecular flexibility index (Phi) is 5.39. The Labute approximate surface area is 158 Å². The van der Waals surface area contributed by atoms with Crippen LogP contribution in [0.25, 0.3) is 0 Å². The van der Waals surface area contributed by atoms with Crippen molar-refractivity contribution in [1.82, 2.24) is 9.78 Å². The maximum absolute atomic E-state index is 12.3. The Morgan fingerprint density at radius 1 is 1.42 bits per heavy atom. The van der Waals surface area contributed by atoms with E-state index in [1.165, 1.54) is 4.68 Å². The van der Waals surface area contributed by atoms with E-state index in [-0.39, 0.29) is 12.5 Å². The molecule has 0 saturated carbocycles. The van der Waals surface area contributed by atoms with Crippen molar-refractivity contribution in [3.05, 3.63) is 51.8 Å². The number of fused-ring (bicyclic) bond motifs is 1. The Bertz CT molecular complexity index is 808. The average Bonchev–Trinajstić information content (AvgIpc) is 3.00. The summed E-state index contributed by atoms with van der Waals surface area (Å²) in [5.41, 5.74) is 3.39. The van der Waals surface area contributed by atoms with E-state index in [1.54, 1.807) is 6.20 Å². The third-order valence-corrected chi connectivity index (χ3v) is 4.92. The topological polar surface area (TPSA) is 64.4 Å². The van der Waals surface area contributed by atoms with Crippen LogP contribution in [0.15, 0.2) is 24.4 Å². The third kappa shape index (κ3) is 4.27. The molecule has 1 unspecified atom stereocenters. The molecule has 1 aliphatic carbocycles. The molecular weight excluding hydrogens is 352 g/mol. The molecule has 140 valence electrons. The number of aromatic nitrogens is 2. The largest absolute Gasteiger partial charge is 0.442 e. The molecule has 0 radical (unpaired) electrons. The first kappa shape index (κ1) is 18.9. The van der Waals surface area contributed by atoms with Crippen LogP contribution in [0.1, 0.15) is 61.9 Å². The Hall–Kier alpha value is -1.85. The fourth-order valence-electron chi connectivity index (χ4n) is 3.40. The monoisotopic (exact) mass is 376 g/mol. The smallest absolute Gasteiger partial charge is 0.435 e. The molecule has 6 heteroatoms. The van der Waals surface area contributed by atoms with E-state index in [2.05, 4.69) is 5.10 Å². The second-order valence-corrected chi connectivity index (χ2v) is 8.25.